The van der Waals surface area contributed by atoms with Gasteiger partial charge in [0, 0.05) is 31.9 Å². The second-order valence-corrected chi connectivity index (χ2v) is 8.75. The largest absolute Gasteiger partial charge is 0.492 e. The van der Waals surface area contributed by atoms with Crippen LogP contribution in [0.1, 0.15) is 37.8 Å². The van der Waals surface area contributed by atoms with Gasteiger partial charge in [-0.1, -0.05) is 12.1 Å². The van der Waals surface area contributed by atoms with E-state index in [4.69, 9.17) is 14.8 Å². The molecule has 1 saturated heterocycles. The number of aromatic amines is 1. The topological polar surface area (TPSA) is 88.5 Å². The SMILES string of the molecule is CC1CC2=NCCN(C(O)c3ccc[nH]3)CCOc3cccc(c3)C3(C)C=NN1C3N2. The average Bonchev–Trinajstić information content (AvgIpc) is 3.42. The molecule has 0 aliphatic carbocycles. The molecule has 8 heteroatoms. The van der Waals surface area contributed by atoms with Gasteiger partial charge >= 0.3 is 0 Å². The molecular weight excluding hydrogens is 392 g/mol. The van der Waals surface area contributed by atoms with Gasteiger partial charge in [-0.05, 0) is 43.7 Å². The van der Waals surface area contributed by atoms with Crippen LogP contribution < -0.4 is 10.1 Å². The zero-order chi connectivity index (χ0) is 21.4. The highest BCUT2D eigenvalue weighted by atomic mass is 16.5. The molecule has 4 atom stereocenters. The second-order valence-electron chi connectivity index (χ2n) is 8.75. The number of fused-ring (bicyclic) bond motifs is 4. The number of H-pyrrole nitrogens is 1. The molecular formula is C23H30N6O2. The lowest BCUT2D eigenvalue weighted by Crippen LogP contribution is -2.60. The van der Waals surface area contributed by atoms with Crippen LogP contribution in [-0.4, -0.2) is 70.5 Å². The zero-order valence-corrected chi connectivity index (χ0v) is 18.0. The Bertz CT molecular complexity index is 974. The summed E-state index contributed by atoms with van der Waals surface area (Å²) in [4.78, 5) is 9.97. The molecule has 0 saturated carbocycles. The van der Waals surface area contributed by atoms with Crippen LogP contribution in [0.25, 0.3) is 0 Å². The maximum atomic E-state index is 10.9. The van der Waals surface area contributed by atoms with E-state index in [0.29, 0.717) is 26.2 Å². The highest BCUT2D eigenvalue weighted by Gasteiger charge is 2.47. The summed E-state index contributed by atoms with van der Waals surface area (Å²) in [5.74, 6) is 1.83. The molecule has 4 unspecified atom stereocenters. The predicted octanol–water partition coefficient (Wildman–Crippen LogP) is 2.07. The van der Waals surface area contributed by atoms with Crippen molar-refractivity contribution < 1.29 is 9.84 Å². The number of nitrogens with zero attached hydrogens (tertiary/aromatic N) is 4. The van der Waals surface area contributed by atoms with Gasteiger partial charge in [-0.15, -0.1) is 0 Å². The summed E-state index contributed by atoms with van der Waals surface area (Å²) < 4.78 is 6.09. The number of rotatable bonds is 2. The van der Waals surface area contributed by atoms with Crippen LogP contribution in [0.5, 0.6) is 5.75 Å². The molecule has 1 aromatic heterocycles. The Morgan fingerprint density at radius 1 is 1.26 bits per heavy atom. The van der Waals surface area contributed by atoms with Crippen LogP contribution in [-0.2, 0) is 5.41 Å². The van der Waals surface area contributed by atoms with Crippen molar-refractivity contribution in [3.8, 4) is 5.75 Å². The Labute approximate surface area is 182 Å². The highest BCUT2D eigenvalue weighted by Crippen LogP contribution is 2.37. The summed E-state index contributed by atoms with van der Waals surface area (Å²) in [7, 11) is 0. The van der Waals surface area contributed by atoms with Crippen LogP contribution in [0.4, 0.5) is 0 Å². The van der Waals surface area contributed by atoms with E-state index in [2.05, 4.69) is 41.3 Å². The van der Waals surface area contributed by atoms with Crippen molar-refractivity contribution in [1.82, 2.24) is 20.2 Å². The maximum Gasteiger partial charge on any atom is 0.148 e. The number of aliphatic hydroxyl groups is 1. The third-order valence-electron chi connectivity index (χ3n) is 6.57. The first-order valence-electron chi connectivity index (χ1n) is 11.0. The number of aliphatic imine (C=N–C) groups is 1. The first-order chi connectivity index (χ1) is 15.0. The summed E-state index contributed by atoms with van der Waals surface area (Å²) in [6, 6.07) is 12.3. The number of aromatic nitrogens is 1. The van der Waals surface area contributed by atoms with Crippen molar-refractivity contribution >= 4 is 12.1 Å². The molecule has 3 aliphatic heterocycles. The number of amidine groups is 1. The number of benzene rings is 1. The second kappa shape index (κ2) is 8.01. The van der Waals surface area contributed by atoms with E-state index in [1.54, 1.807) is 0 Å². The fraction of sp³-hybridized carbons (Fsp3) is 0.478. The number of nitrogens with one attached hydrogen (secondary N) is 2. The van der Waals surface area contributed by atoms with E-state index in [1.165, 1.54) is 0 Å². The minimum Gasteiger partial charge on any atom is -0.492 e. The Hall–Kier alpha value is -2.84. The van der Waals surface area contributed by atoms with E-state index in [0.717, 1.165) is 29.3 Å². The minimum absolute atomic E-state index is 0.00815. The lowest BCUT2D eigenvalue weighted by Gasteiger charge is -2.43. The average molecular weight is 423 g/mol. The van der Waals surface area contributed by atoms with E-state index in [9.17, 15) is 5.11 Å². The molecule has 3 aliphatic rings. The van der Waals surface area contributed by atoms with E-state index in [1.807, 2.05) is 41.6 Å². The van der Waals surface area contributed by atoms with E-state index < -0.39 is 6.23 Å². The van der Waals surface area contributed by atoms with Crippen molar-refractivity contribution in [2.24, 2.45) is 10.1 Å². The van der Waals surface area contributed by atoms with E-state index in [-0.39, 0.29) is 17.6 Å². The molecule has 2 aromatic rings. The van der Waals surface area contributed by atoms with Gasteiger partial charge in [-0.3, -0.25) is 14.9 Å². The molecule has 4 bridgehead atoms. The molecule has 8 nitrogen and oxygen atoms in total. The molecule has 1 aromatic carbocycles. The Balaban J connectivity index is 1.46. The molecule has 31 heavy (non-hydrogen) atoms. The van der Waals surface area contributed by atoms with Crippen LogP contribution in [0.15, 0.2) is 52.7 Å². The molecule has 1 fully saturated rings. The number of ether oxygens (including phenoxy) is 1. The lowest BCUT2D eigenvalue weighted by atomic mass is 9.80. The highest BCUT2D eigenvalue weighted by molar-refractivity contribution is 5.86. The summed E-state index contributed by atoms with van der Waals surface area (Å²) >= 11 is 0. The van der Waals surface area contributed by atoms with Gasteiger partial charge < -0.3 is 20.1 Å². The molecule has 0 radical (unpaired) electrons. The smallest absolute Gasteiger partial charge is 0.148 e. The number of hydrazone groups is 1. The molecule has 4 heterocycles. The van der Waals surface area contributed by atoms with Crippen LogP contribution in [0.2, 0.25) is 0 Å². The van der Waals surface area contributed by atoms with Crippen LogP contribution >= 0.6 is 0 Å². The first kappa shape index (κ1) is 20.1. The normalized spacial score (nSPS) is 29.5. The summed E-state index contributed by atoms with van der Waals surface area (Å²) in [6.07, 6.45) is 3.98. The third kappa shape index (κ3) is 3.70. The lowest BCUT2D eigenvalue weighted by molar-refractivity contribution is -0.00621. The van der Waals surface area contributed by atoms with Crippen molar-refractivity contribution in [1.29, 1.82) is 0 Å². The first-order valence-corrected chi connectivity index (χ1v) is 11.0. The summed E-state index contributed by atoms with van der Waals surface area (Å²) in [6.45, 7) is 6.70. The van der Waals surface area contributed by atoms with Gasteiger partial charge in [0.15, 0.2) is 0 Å². The van der Waals surface area contributed by atoms with Crippen molar-refractivity contribution in [2.75, 3.05) is 26.2 Å². The standard InChI is InChI=1S/C23H30N6O2/c1-16-13-20-25-9-10-28(21(30)19-7-4-8-24-19)11-12-31-18-6-3-5-17(14-18)23(2)15-26-29(16)22(23)27-20/h3-8,14-16,21-22,24,30H,9-13H2,1-2H3,(H,25,27). The zero-order valence-electron chi connectivity index (χ0n) is 18.0. The molecule has 164 valence electrons. The fourth-order valence-electron chi connectivity index (χ4n) is 4.69. The molecule has 0 amide bonds. The van der Waals surface area contributed by atoms with Gasteiger partial charge in [0.25, 0.3) is 0 Å². The number of hydrogen-bond donors (Lipinski definition) is 3. The van der Waals surface area contributed by atoms with E-state index >= 15 is 0 Å². The van der Waals surface area contributed by atoms with Gasteiger partial charge in [0.2, 0.25) is 0 Å². The molecule has 3 N–H and O–H groups in total. The van der Waals surface area contributed by atoms with Crippen molar-refractivity contribution in [3.05, 3.63) is 53.9 Å². The minimum atomic E-state index is -0.724. The Morgan fingerprint density at radius 3 is 3.00 bits per heavy atom. The molecule has 5 rings (SSSR count). The maximum absolute atomic E-state index is 10.9. The Morgan fingerprint density at radius 2 is 2.16 bits per heavy atom. The van der Waals surface area contributed by atoms with Gasteiger partial charge in [0.1, 0.15) is 30.6 Å². The van der Waals surface area contributed by atoms with Gasteiger partial charge in [-0.2, -0.15) is 5.10 Å². The predicted molar refractivity (Wildman–Crippen MR) is 120 cm³/mol. The fourth-order valence-corrected chi connectivity index (χ4v) is 4.69. The van der Waals surface area contributed by atoms with Crippen LogP contribution in [0, 0.1) is 0 Å². The summed E-state index contributed by atoms with van der Waals surface area (Å²) in [5, 5.41) is 21.4. The monoisotopic (exact) mass is 422 g/mol. The number of aliphatic hydroxyl groups excluding tert-OH is 1. The molecule has 0 spiro atoms. The third-order valence-corrected chi connectivity index (χ3v) is 6.57. The Kier molecular flexibility index (Phi) is 5.19. The van der Waals surface area contributed by atoms with Gasteiger partial charge in [-0.25, -0.2) is 0 Å². The van der Waals surface area contributed by atoms with Gasteiger partial charge in [0.05, 0.1) is 23.7 Å². The van der Waals surface area contributed by atoms with Crippen LogP contribution in [0.3, 0.4) is 0 Å². The summed E-state index contributed by atoms with van der Waals surface area (Å²) in [5.41, 5.74) is 1.65. The quantitative estimate of drug-likeness (QED) is 0.690. The number of hydrogen-bond acceptors (Lipinski definition) is 7. The van der Waals surface area contributed by atoms with Crippen molar-refractivity contribution in [3.63, 3.8) is 0 Å². The van der Waals surface area contributed by atoms with Crippen molar-refractivity contribution in [2.45, 2.75) is 44.1 Å².